The summed E-state index contributed by atoms with van der Waals surface area (Å²) in [4.78, 5) is 31.0. The predicted octanol–water partition coefficient (Wildman–Crippen LogP) is 2.75. The van der Waals surface area contributed by atoms with Crippen molar-refractivity contribution in [3.05, 3.63) is 17.6 Å². The van der Waals surface area contributed by atoms with Gasteiger partial charge in [0.2, 0.25) is 5.91 Å². The predicted molar refractivity (Wildman–Crippen MR) is 93.9 cm³/mol. The third-order valence-electron chi connectivity index (χ3n) is 4.03. The van der Waals surface area contributed by atoms with Crippen molar-refractivity contribution >= 4 is 50.9 Å². The minimum Gasteiger partial charge on any atom is -0.369 e. The molecule has 2 aromatic rings. The lowest BCUT2D eigenvalue weighted by atomic mass is 9.98. The summed E-state index contributed by atoms with van der Waals surface area (Å²) in [6.45, 7) is 1.01. The van der Waals surface area contributed by atoms with E-state index in [0.29, 0.717) is 13.1 Å². The van der Waals surface area contributed by atoms with E-state index in [2.05, 4.69) is 10.3 Å². The van der Waals surface area contributed by atoms with E-state index in [9.17, 15) is 9.59 Å². The van der Waals surface area contributed by atoms with Crippen LogP contribution in [0.3, 0.4) is 0 Å². The van der Waals surface area contributed by atoms with E-state index in [0.717, 1.165) is 33.6 Å². The molecule has 122 valence electrons. The molecule has 1 aromatic carbocycles. The normalized spacial score (nSPS) is 18.1. The molecule has 3 rings (SSSR count). The summed E-state index contributed by atoms with van der Waals surface area (Å²) in [6, 6.07) is 3.80. The molecule has 1 atom stereocenters. The van der Waals surface area contributed by atoms with Gasteiger partial charge in [-0.25, -0.2) is 9.78 Å². The van der Waals surface area contributed by atoms with Crippen LogP contribution in [0.4, 0.5) is 10.5 Å². The van der Waals surface area contributed by atoms with Crippen LogP contribution in [0.2, 0.25) is 0 Å². The molecule has 1 aromatic heterocycles. The molecule has 0 aliphatic carbocycles. The zero-order valence-electron chi connectivity index (χ0n) is 12.7. The summed E-state index contributed by atoms with van der Waals surface area (Å²) in [5, 5.41) is 2.98. The minimum absolute atomic E-state index is 0.202. The number of rotatable bonds is 3. The highest BCUT2D eigenvalue weighted by Gasteiger charge is 2.27. The lowest BCUT2D eigenvalue weighted by Crippen LogP contribution is -2.45. The molecule has 8 heteroatoms. The monoisotopic (exact) mass is 350 g/mol. The molecule has 1 aliphatic heterocycles. The second kappa shape index (κ2) is 6.76. The molecule has 2 heterocycles. The molecule has 1 fully saturated rings. The standard InChI is InChI=1S/C15H18N4O2S2/c1-22-10-4-5-11-12(17-8-23-11)13(10)18-15(21)19-6-2-3-9(7-19)14(16)20/h4-5,8-9H,2-3,6-7H2,1H3,(H2,16,20)(H,18,21)/t9-/m0/s1. The van der Waals surface area contributed by atoms with Gasteiger partial charge in [-0.05, 0) is 31.2 Å². The van der Waals surface area contributed by atoms with Crippen LogP contribution in [0.1, 0.15) is 12.8 Å². The van der Waals surface area contributed by atoms with Crippen LogP contribution in [-0.4, -0.2) is 41.2 Å². The second-order valence-electron chi connectivity index (χ2n) is 5.46. The van der Waals surface area contributed by atoms with Crippen LogP contribution in [0.25, 0.3) is 10.2 Å². The Kier molecular flexibility index (Phi) is 4.72. The van der Waals surface area contributed by atoms with Crippen molar-refractivity contribution < 1.29 is 9.59 Å². The van der Waals surface area contributed by atoms with Crippen molar-refractivity contribution in [2.75, 3.05) is 24.7 Å². The van der Waals surface area contributed by atoms with Crippen molar-refractivity contribution in [1.29, 1.82) is 0 Å². The Balaban J connectivity index is 1.82. The Morgan fingerprint density at radius 2 is 2.30 bits per heavy atom. The highest BCUT2D eigenvalue weighted by atomic mass is 32.2. The van der Waals surface area contributed by atoms with Crippen molar-refractivity contribution in [2.45, 2.75) is 17.7 Å². The summed E-state index contributed by atoms with van der Waals surface area (Å²) < 4.78 is 1.03. The molecule has 0 bridgehead atoms. The van der Waals surface area contributed by atoms with Crippen LogP contribution in [0, 0.1) is 5.92 Å². The van der Waals surface area contributed by atoms with E-state index in [1.807, 2.05) is 18.4 Å². The molecule has 6 nitrogen and oxygen atoms in total. The number of likely N-dealkylation sites (tertiary alicyclic amines) is 1. The van der Waals surface area contributed by atoms with Gasteiger partial charge < -0.3 is 16.0 Å². The van der Waals surface area contributed by atoms with Gasteiger partial charge in [-0.3, -0.25) is 4.79 Å². The number of aromatic nitrogens is 1. The number of benzene rings is 1. The molecule has 0 saturated carbocycles. The number of hydrogen-bond donors (Lipinski definition) is 2. The summed E-state index contributed by atoms with van der Waals surface area (Å²) in [5.41, 5.74) is 8.69. The molecule has 23 heavy (non-hydrogen) atoms. The number of carbonyl (C=O) groups is 2. The van der Waals surface area contributed by atoms with Gasteiger partial charge in [0.05, 0.1) is 21.8 Å². The van der Waals surface area contributed by atoms with Crippen LogP contribution in [0.15, 0.2) is 22.5 Å². The molecular formula is C15H18N4O2S2. The number of nitrogens with zero attached hydrogens (tertiary/aromatic N) is 2. The number of fused-ring (bicyclic) bond motifs is 1. The Morgan fingerprint density at radius 1 is 1.48 bits per heavy atom. The van der Waals surface area contributed by atoms with Gasteiger partial charge in [0.15, 0.2) is 0 Å². The van der Waals surface area contributed by atoms with E-state index < -0.39 is 0 Å². The number of urea groups is 1. The zero-order chi connectivity index (χ0) is 16.4. The van der Waals surface area contributed by atoms with E-state index in [-0.39, 0.29) is 17.9 Å². The maximum Gasteiger partial charge on any atom is 0.321 e. The average molecular weight is 350 g/mol. The number of primary amides is 1. The molecule has 0 unspecified atom stereocenters. The SMILES string of the molecule is CSc1ccc2scnc2c1NC(=O)N1CCC[C@H](C(N)=O)C1. The lowest BCUT2D eigenvalue weighted by molar-refractivity contribution is -0.123. The van der Waals surface area contributed by atoms with E-state index in [1.165, 1.54) is 0 Å². The fourth-order valence-corrected chi connectivity index (χ4v) is 4.02. The molecule has 0 spiro atoms. The number of anilines is 1. The number of carbonyl (C=O) groups excluding carboxylic acids is 2. The summed E-state index contributed by atoms with van der Waals surface area (Å²) in [7, 11) is 0. The Hall–Kier alpha value is -1.80. The van der Waals surface area contributed by atoms with Crippen LogP contribution in [-0.2, 0) is 4.79 Å². The zero-order valence-corrected chi connectivity index (χ0v) is 14.4. The van der Waals surface area contributed by atoms with Gasteiger partial charge in [0.1, 0.15) is 5.52 Å². The first-order chi connectivity index (χ1) is 11.1. The Labute approximate surface area is 142 Å². The van der Waals surface area contributed by atoms with Gasteiger partial charge in [-0.15, -0.1) is 23.1 Å². The molecule has 1 saturated heterocycles. The number of amides is 3. The first-order valence-corrected chi connectivity index (χ1v) is 9.46. The third-order valence-corrected chi connectivity index (χ3v) is 5.60. The highest BCUT2D eigenvalue weighted by molar-refractivity contribution is 7.98. The summed E-state index contributed by atoms with van der Waals surface area (Å²) in [5.74, 6) is -0.599. The fourth-order valence-electron chi connectivity index (χ4n) is 2.78. The topological polar surface area (TPSA) is 88.3 Å². The molecule has 3 N–H and O–H groups in total. The van der Waals surface area contributed by atoms with Crippen LogP contribution < -0.4 is 11.1 Å². The Bertz CT molecular complexity index is 746. The second-order valence-corrected chi connectivity index (χ2v) is 7.19. The molecule has 1 aliphatic rings. The number of thiazole rings is 1. The van der Waals surface area contributed by atoms with Crippen molar-refractivity contribution in [3.8, 4) is 0 Å². The molecule has 3 amide bonds. The minimum atomic E-state index is -0.339. The van der Waals surface area contributed by atoms with E-state index in [4.69, 9.17) is 5.73 Å². The highest BCUT2D eigenvalue weighted by Crippen LogP contribution is 2.34. The third kappa shape index (κ3) is 3.28. The van der Waals surface area contributed by atoms with Gasteiger partial charge in [-0.2, -0.15) is 0 Å². The fraction of sp³-hybridized carbons (Fsp3) is 0.400. The van der Waals surface area contributed by atoms with E-state index in [1.54, 1.807) is 33.5 Å². The summed E-state index contributed by atoms with van der Waals surface area (Å²) in [6.07, 6.45) is 3.50. The maximum absolute atomic E-state index is 12.6. The van der Waals surface area contributed by atoms with Gasteiger partial charge in [0, 0.05) is 18.0 Å². The quantitative estimate of drug-likeness (QED) is 0.833. The molecular weight excluding hydrogens is 332 g/mol. The van der Waals surface area contributed by atoms with Gasteiger partial charge in [-0.1, -0.05) is 0 Å². The lowest BCUT2D eigenvalue weighted by Gasteiger charge is -2.31. The van der Waals surface area contributed by atoms with Gasteiger partial charge >= 0.3 is 6.03 Å². The van der Waals surface area contributed by atoms with Crippen molar-refractivity contribution in [3.63, 3.8) is 0 Å². The molecule has 0 radical (unpaired) electrons. The average Bonchev–Trinajstić information content (AvgIpc) is 3.04. The number of thioether (sulfide) groups is 1. The van der Waals surface area contributed by atoms with Crippen LogP contribution in [0.5, 0.6) is 0 Å². The first kappa shape index (κ1) is 16.1. The summed E-state index contributed by atoms with van der Waals surface area (Å²) >= 11 is 3.11. The Morgan fingerprint density at radius 3 is 3.04 bits per heavy atom. The largest absolute Gasteiger partial charge is 0.369 e. The maximum atomic E-state index is 12.6. The van der Waals surface area contributed by atoms with Gasteiger partial charge in [0.25, 0.3) is 0 Å². The van der Waals surface area contributed by atoms with Crippen molar-refractivity contribution in [1.82, 2.24) is 9.88 Å². The van der Waals surface area contributed by atoms with E-state index >= 15 is 0 Å². The first-order valence-electron chi connectivity index (χ1n) is 7.35. The van der Waals surface area contributed by atoms with Crippen molar-refractivity contribution in [2.24, 2.45) is 11.7 Å². The number of nitrogens with two attached hydrogens (primary N) is 1. The number of hydrogen-bond acceptors (Lipinski definition) is 5. The number of nitrogens with one attached hydrogen (secondary N) is 1. The van der Waals surface area contributed by atoms with Crippen LogP contribution >= 0.6 is 23.1 Å². The number of piperidine rings is 1. The smallest absolute Gasteiger partial charge is 0.321 e.